The Morgan fingerprint density at radius 2 is 1.81 bits per heavy atom. The number of nitro groups is 1. The van der Waals surface area contributed by atoms with Gasteiger partial charge >= 0.3 is 0 Å². The van der Waals surface area contributed by atoms with Crippen LogP contribution in [0.3, 0.4) is 0 Å². The summed E-state index contributed by atoms with van der Waals surface area (Å²) in [6.45, 7) is 1.43. The van der Waals surface area contributed by atoms with Gasteiger partial charge in [0.15, 0.2) is 5.78 Å². The second kappa shape index (κ2) is 7.63. The van der Waals surface area contributed by atoms with Crippen LogP contribution in [0.2, 0.25) is 0 Å². The maximum absolute atomic E-state index is 13.2. The third-order valence-electron chi connectivity index (χ3n) is 3.80. The third-order valence-corrected chi connectivity index (χ3v) is 4.59. The van der Waals surface area contributed by atoms with Gasteiger partial charge in [-0.3, -0.25) is 14.9 Å². The van der Waals surface area contributed by atoms with E-state index < -0.39 is 4.92 Å². The maximum Gasteiger partial charge on any atom is 0.269 e. The molecule has 27 heavy (non-hydrogen) atoms. The highest BCUT2D eigenvalue weighted by molar-refractivity contribution is 9.12. The van der Waals surface area contributed by atoms with E-state index >= 15 is 0 Å². The van der Waals surface area contributed by atoms with Gasteiger partial charge in [-0.25, -0.2) is 9.07 Å². The number of benzene rings is 2. The molecule has 0 aliphatic carbocycles. The summed E-state index contributed by atoms with van der Waals surface area (Å²) in [5, 5.41) is 15.3. The molecule has 0 bridgehead atoms. The lowest BCUT2D eigenvalue weighted by atomic mass is 10.1. The van der Waals surface area contributed by atoms with E-state index in [4.69, 9.17) is 0 Å². The van der Waals surface area contributed by atoms with E-state index in [2.05, 4.69) is 21.0 Å². The summed E-state index contributed by atoms with van der Waals surface area (Å²) in [5.41, 5.74) is 2.45. The van der Waals surface area contributed by atoms with Gasteiger partial charge in [-0.15, -0.1) is 0 Å². The van der Waals surface area contributed by atoms with Crippen LogP contribution in [0, 0.1) is 15.9 Å². The zero-order valence-corrected chi connectivity index (χ0v) is 15.7. The van der Waals surface area contributed by atoms with Crippen LogP contribution in [0.4, 0.5) is 10.1 Å². The number of non-ortho nitro benzene ring substituents is 1. The normalized spacial score (nSPS) is 11.4. The zero-order valence-electron chi connectivity index (χ0n) is 14.1. The Labute approximate surface area is 162 Å². The highest BCUT2D eigenvalue weighted by atomic mass is 79.9. The molecule has 3 rings (SSSR count). The summed E-state index contributed by atoms with van der Waals surface area (Å²) in [6, 6.07) is 11.8. The first-order valence-electron chi connectivity index (χ1n) is 7.84. The minimum Gasteiger partial charge on any atom is -0.294 e. The molecule has 0 atom stereocenters. The van der Waals surface area contributed by atoms with Crippen LogP contribution in [0.15, 0.2) is 59.2 Å². The molecule has 1 heterocycles. The first-order valence-corrected chi connectivity index (χ1v) is 8.63. The van der Waals surface area contributed by atoms with E-state index in [1.807, 2.05) is 0 Å². The molecule has 136 valence electrons. The number of Topliss-reactive ketones (excluding diaryl/α,β-unsaturated/α-hetero) is 1. The van der Waals surface area contributed by atoms with Crippen molar-refractivity contribution in [2.24, 2.45) is 0 Å². The molecular weight excluding hydrogens is 417 g/mol. The SMILES string of the molecule is CC(=O)/C(Br)=C/c1cn(-c2ccc([N+](=O)[O-])cc2)nc1-c1ccc(F)cc1. The Bertz CT molecular complexity index is 1040. The second-order valence-corrected chi connectivity index (χ2v) is 6.56. The van der Waals surface area contributed by atoms with E-state index in [0.717, 1.165) is 0 Å². The van der Waals surface area contributed by atoms with Gasteiger partial charge in [-0.1, -0.05) is 0 Å². The van der Waals surface area contributed by atoms with Gasteiger partial charge < -0.3 is 0 Å². The molecule has 0 spiro atoms. The Morgan fingerprint density at radius 3 is 2.37 bits per heavy atom. The van der Waals surface area contributed by atoms with Crippen LogP contribution in [0.25, 0.3) is 23.0 Å². The van der Waals surface area contributed by atoms with E-state index in [1.54, 1.807) is 41.2 Å². The Morgan fingerprint density at radius 1 is 1.19 bits per heavy atom. The highest BCUT2D eigenvalue weighted by Crippen LogP contribution is 2.27. The average molecular weight is 430 g/mol. The summed E-state index contributed by atoms with van der Waals surface area (Å²) in [6.07, 6.45) is 3.33. The Balaban J connectivity index is 2.11. The van der Waals surface area contributed by atoms with Crippen molar-refractivity contribution in [3.63, 3.8) is 0 Å². The van der Waals surface area contributed by atoms with Gasteiger partial charge in [0.05, 0.1) is 20.8 Å². The van der Waals surface area contributed by atoms with E-state index in [0.29, 0.717) is 27.0 Å². The van der Waals surface area contributed by atoms with Gasteiger partial charge in [0.1, 0.15) is 5.82 Å². The number of halogens is 2. The average Bonchev–Trinajstić information content (AvgIpc) is 3.06. The van der Waals surface area contributed by atoms with Crippen LogP contribution < -0.4 is 0 Å². The number of carbonyl (C=O) groups excluding carboxylic acids is 1. The largest absolute Gasteiger partial charge is 0.294 e. The number of rotatable bonds is 5. The smallest absolute Gasteiger partial charge is 0.269 e. The molecule has 0 amide bonds. The molecule has 6 nitrogen and oxygen atoms in total. The lowest BCUT2D eigenvalue weighted by molar-refractivity contribution is -0.384. The molecule has 0 radical (unpaired) electrons. The fourth-order valence-electron chi connectivity index (χ4n) is 2.42. The second-order valence-electron chi connectivity index (χ2n) is 5.71. The topological polar surface area (TPSA) is 78.0 Å². The standard InChI is InChI=1S/C19H13BrFN3O3/c1-12(25)18(20)10-14-11-23(16-6-8-17(9-7-16)24(26)27)22-19(14)13-2-4-15(21)5-3-13/h2-11H,1H3/b18-10-. The molecule has 3 aromatic rings. The zero-order chi connectivity index (χ0) is 19.6. The minimum atomic E-state index is -0.477. The molecular formula is C19H13BrFN3O3. The van der Waals surface area contributed by atoms with Gasteiger partial charge in [0, 0.05) is 29.5 Å². The van der Waals surface area contributed by atoms with Crippen molar-refractivity contribution in [3.8, 4) is 16.9 Å². The fourth-order valence-corrected chi connectivity index (χ4v) is 2.67. The van der Waals surface area contributed by atoms with Crippen molar-refractivity contribution < 1.29 is 14.1 Å². The molecule has 2 aromatic carbocycles. The summed E-state index contributed by atoms with van der Waals surface area (Å²) in [7, 11) is 0. The van der Waals surface area contributed by atoms with Crippen LogP contribution in [-0.2, 0) is 4.79 Å². The van der Waals surface area contributed by atoms with Gasteiger partial charge in [0.25, 0.3) is 5.69 Å². The van der Waals surface area contributed by atoms with Gasteiger partial charge in [-0.05, 0) is 65.3 Å². The number of allylic oxidation sites excluding steroid dienone is 1. The van der Waals surface area contributed by atoms with Gasteiger partial charge in [0.2, 0.25) is 0 Å². The van der Waals surface area contributed by atoms with Crippen molar-refractivity contribution in [1.82, 2.24) is 9.78 Å². The Hall–Kier alpha value is -3.13. The number of hydrogen-bond acceptors (Lipinski definition) is 4. The number of aromatic nitrogens is 2. The first kappa shape index (κ1) is 18.7. The molecule has 1 aromatic heterocycles. The molecule has 0 aliphatic heterocycles. The number of carbonyl (C=O) groups is 1. The summed E-state index contributed by atoms with van der Waals surface area (Å²) >= 11 is 3.23. The van der Waals surface area contributed by atoms with Crippen molar-refractivity contribution >= 4 is 33.5 Å². The van der Waals surface area contributed by atoms with Crippen molar-refractivity contribution in [2.45, 2.75) is 6.92 Å². The lowest BCUT2D eigenvalue weighted by Gasteiger charge is -2.01. The maximum atomic E-state index is 13.2. The molecule has 0 N–H and O–H groups in total. The van der Waals surface area contributed by atoms with Crippen LogP contribution in [0.1, 0.15) is 12.5 Å². The first-order chi connectivity index (χ1) is 12.8. The van der Waals surface area contributed by atoms with Crippen LogP contribution in [-0.4, -0.2) is 20.5 Å². The summed E-state index contributed by atoms with van der Waals surface area (Å²) in [4.78, 5) is 21.9. The highest BCUT2D eigenvalue weighted by Gasteiger charge is 2.13. The quantitative estimate of drug-likeness (QED) is 0.327. The minimum absolute atomic E-state index is 0.0240. The predicted octanol–water partition coefficient (Wildman–Crippen LogP) is 4.91. The van der Waals surface area contributed by atoms with Crippen molar-refractivity contribution in [3.05, 3.63) is 80.7 Å². The Kier molecular flexibility index (Phi) is 5.27. The van der Waals surface area contributed by atoms with Crippen molar-refractivity contribution in [2.75, 3.05) is 0 Å². The number of nitrogens with zero attached hydrogens (tertiary/aromatic N) is 3. The fraction of sp³-hybridized carbons (Fsp3) is 0.0526. The third kappa shape index (κ3) is 4.17. The molecule has 0 unspecified atom stereocenters. The molecule has 8 heteroatoms. The van der Waals surface area contributed by atoms with Crippen molar-refractivity contribution in [1.29, 1.82) is 0 Å². The van der Waals surface area contributed by atoms with Crippen LogP contribution in [0.5, 0.6) is 0 Å². The van der Waals surface area contributed by atoms with E-state index in [1.165, 1.54) is 31.2 Å². The summed E-state index contributed by atoms with van der Waals surface area (Å²) in [5.74, 6) is -0.515. The van der Waals surface area contributed by atoms with E-state index in [-0.39, 0.29) is 17.3 Å². The molecule has 0 fully saturated rings. The molecule has 0 saturated carbocycles. The molecule has 0 aliphatic rings. The van der Waals surface area contributed by atoms with E-state index in [9.17, 15) is 19.3 Å². The number of nitro benzene ring substituents is 1. The lowest BCUT2D eigenvalue weighted by Crippen LogP contribution is -1.95. The van der Waals surface area contributed by atoms with Gasteiger partial charge in [-0.2, -0.15) is 5.10 Å². The monoisotopic (exact) mass is 429 g/mol. The number of ketones is 1. The predicted molar refractivity (Wildman–Crippen MR) is 103 cm³/mol. The summed E-state index contributed by atoms with van der Waals surface area (Å²) < 4.78 is 15.2. The van der Waals surface area contributed by atoms with Crippen LogP contribution >= 0.6 is 15.9 Å². The molecule has 0 saturated heterocycles. The number of hydrogen-bond donors (Lipinski definition) is 0.